The molecule has 8 heterocycles. The number of nitrogens with one attached hydrogen (secondary N) is 2. The van der Waals surface area contributed by atoms with Crippen LogP contribution in [0.5, 0.6) is 0 Å². The maximum Gasteiger partial charge on any atom is 0.217 e. The van der Waals surface area contributed by atoms with E-state index in [0.29, 0.717) is 0 Å². The van der Waals surface area contributed by atoms with Crippen LogP contribution in [-0.2, 0) is 80.6 Å². The maximum atomic E-state index is 13.2. The van der Waals surface area contributed by atoms with E-state index >= 15 is 0 Å². The van der Waals surface area contributed by atoms with Crippen molar-refractivity contribution in [2.24, 2.45) is 0 Å². The molecule has 8 fully saturated rings. The molecular formula is C52H88N2O40. The molecule has 0 aromatic rings. The van der Waals surface area contributed by atoms with Gasteiger partial charge < -0.3 is 199 Å². The number of amides is 2. The van der Waals surface area contributed by atoms with E-state index in [1.807, 2.05) is 0 Å². The molecule has 2 amide bonds. The van der Waals surface area contributed by atoms with Crippen molar-refractivity contribution in [2.75, 3.05) is 46.2 Å². The quantitative estimate of drug-likeness (QED) is 0.0452. The molecule has 546 valence electrons. The number of carbonyl (C=O) groups is 2. The number of aliphatic hydroxyl groups is 23. The molecule has 0 radical (unpaired) electrons. The summed E-state index contributed by atoms with van der Waals surface area (Å²) < 4.78 is 87.6. The molecule has 1 unspecified atom stereocenters. The van der Waals surface area contributed by atoms with E-state index in [-0.39, 0.29) is 0 Å². The van der Waals surface area contributed by atoms with Gasteiger partial charge in [-0.3, -0.25) is 9.59 Å². The van der Waals surface area contributed by atoms with E-state index in [0.717, 1.165) is 13.8 Å². The third kappa shape index (κ3) is 16.4. The predicted octanol–water partition coefficient (Wildman–Crippen LogP) is -17.1. The summed E-state index contributed by atoms with van der Waals surface area (Å²) in [5.41, 5.74) is 0. The van der Waals surface area contributed by atoms with E-state index in [1.54, 1.807) is 0 Å². The van der Waals surface area contributed by atoms with Gasteiger partial charge in [0.2, 0.25) is 11.8 Å². The smallest absolute Gasteiger partial charge is 0.217 e. The number of aliphatic hydroxyl groups excluding tert-OH is 23. The zero-order valence-corrected chi connectivity index (χ0v) is 50.3. The van der Waals surface area contributed by atoms with Gasteiger partial charge in [-0.25, -0.2) is 0 Å². The summed E-state index contributed by atoms with van der Waals surface area (Å²) in [5.74, 6) is -1.86. The van der Waals surface area contributed by atoms with Crippen molar-refractivity contribution in [1.82, 2.24) is 10.6 Å². The fourth-order valence-electron chi connectivity index (χ4n) is 12.1. The Morgan fingerprint density at radius 1 is 0.298 bits per heavy atom. The molecule has 42 nitrogen and oxygen atoms in total. The molecule has 0 aromatic heterocycles. The van der Waals surface area contributed by atoms with Crippen molar-refractivity contribution in [1.29, 1.82) is 0 Å². The van der Waals surface area contributed by atoms with Crippen LogP contribution in [0.2, 0.25) is 0 Å². The molecule has 25 N–H and O–H groups in total. The highest BCUT2D eigenvalue weighted by molar-refractivity contribution is 5.73. The SMILES string of the molecule is CC(=O)N[C@H]1[C@H](O[C@H]2[C@@H](O)[C@@H](CO[C@@H]3O[C@H](CO)[C@@H](O[C@@H]4O[C@H](CO)[C@H](O)[C@H](O)[C@H]4O)[C@H](O[C@@H]4O[C@@H](C)[C@@H](O)[C@@H](O)[C@@H]4O)[C@H]3NC(C)=O)O[C@@H](O[C@H]3[C@H](O)[C@@H](O)C(O)O[C@@H]3CO)[C@@H]2O)O[C@H](CO)[C@@H](O[C@@H]2O[C@H](CO)[C@H](O)[C@H](O[C@@H]3O[C@H](CO)[C@H](O)[C@H](O)[C@H]3O)[C@H]2O)[C@@H]1O. The van der Waals surface area contributed by atoms with E-state index < -0.39 is 304 Å². The monoisotopic (exact) mass is 1380 g/mol. The molecule has 8 aliphatic heterocycles. The standard InChI is InChI=1S/C52H88N2O40/c1-11-23(63)29(69)34(74)48(81-11)92-42-22(54-13(3)62)46(86-19(9-60)41(42)91-49-35(75)30(70)24(64)14(4-55)83-49)80-10-20-27(67)44(38(78)52(88-20)90-40-17(7-58)82-45(79)33(73)32(40)72)93-47-21(53-12(2)61)28(68)39(18(8-59)87-47)89-51-37(77)43(26(66)16(6-57)85-51)94-50-36(76)31(71)25(65)15(5-56)84-50/h11,14-52,55-60,63-79H,4-10H2,1-3H3,(H,53,61)(H,54,62)/t11-,14+,15+,16+,17+,18+,19+,20+,21+,22+,23+,24-,25-,26-,27-,28+,29+,30-,31-,32+,33+,34-,35+,36+,37+,38+,39+,40+,41+,42+,43-,44-,45?,46+,47-,48-,49-,50-,51-,52-/m0/s1. The highest BCUT2D eigenvalue weighted by Gasteiger charge is 2.60. The lowest BCUT2D eigenvalue weighted by Crippen LogP contribution is -2.70. The predicted molar refractivity (Wildman–Crippen MR) is 286 cm³/mol. The van der Waals surface area contributed by atoms with Gasteiger partial charge in [-0.15, -0.1) is 0 Å². The van der Waals surface area contributed by atoms with Gasteiger partial charge >= 0.3 is 0 Å². The molecule has 0 saturated carbocycles. The number of hydrogen-bond acceptors (Lipinski definition) is 40. The zero-order chi connectivity index (χ0) is 69.2. The van der Waals surface area contributed by atoms with Crippen LogP contribution in [0.15, 0.2) is 0 Å². The number of ether oxygens (including phenoxy) is 15. The van der Waals surface area contributed by atoms with Gasteiger partial charge in [0.05, 0.1) is 52.4 Å². The van der Waals surface area contributed by atoms with Crippen LogP contribution in [-0.4, -0.2) is 421 Å². The Morgan fingerprint density at radius 2 is 0.638 bits per heavy atom. The van der Waals surface area contributed by atoms with E-state index in [4.69, 9.17) is 71.1 Å². The third-order valence-corrected chi connectivity index (χ3v) is 17.4. The third-order valence-electron chi connectivity index (χ3n) is 17.4. The molecule has 0 spiro atoms. The second-order valence-corrected chi connectivity index (χ2v) is 23.9. The minimum atomic E-state index is -2.39. The van der Waals surface area contributed by atoms with Crippen LogP contribution in [0.1, 0.15) is 20.8 Å². The van der Waals surface area contributed by atoms with Gasteiger partial charge in [-0.05, 0) is 6.92 Å². The molecule has 0 aromatic carbocycles. The fraction of sp³-hybridized carbons (Fsp3) is 0.962. The first kappa shape index (κ1) is 77.2. The van der Waals surface area contributed by atoms with Crippen molar-refractivity contribution in [3.8, 4) is 0 Å². The molecule has 8 saturated heterocycles. The Labute approximate surface area is 532 Å². The van der Waals surface area contributed by atoms with Crippen LogP contribution >= 0.6 is 0 Å². The van der Waals surface area contributed by atoms with Crippen LogP contribution in [0.25, 0.3) is 0 Å². The topological polar surface area (TPSA) is 662 Å². The number of rotatable bonds is 23. The lowest BCUT2D eigenvalue weighted by Gasteiger charge is -2.51. The lowest BCUT2D eigenvalue weighted by atomic mass is 9.94. The van der Waals surface area contributed by atoms with Gasteiger partial charge in [0, 0.05) is 13.8 Å². The van der Waals surface area contributed by atoms with E-state index in [2.05, 4.69) is 10.6 Å². The van der Waals surface area contributed by atoms with Gasteiger partial charge in [0.15, 0.2) is 50.3 Å². The molecule has 94 heavy (non-hydrogen) atoms. The largest absolute Gasteiger partial charge is 0.394 e. The Bertz CT molecular complexity index is 2360. The van der Waals surface area contributed by atoms with Crippen molar-refractivity contribution in [2.45, 2.75) is 266 Å². The summed E-state index contributed by atoms with van der Waals surface area (Å²) in [6.45, 7) is -4.08. The molecule has 8 rings (SSSR count). The summed E-state index contributed by atoms with van der Waals surface area (Å²) in [5, 5.41) is 254. The first-order valence-electron chi connectivity index (χ1n) is 30.0. The van der Waals surface area contributed by atoms with E-state index in [9.17, 15) is 127 Å². The van der Waals surface area contributed by atoms with Crippen LogP contribution in [0.3, 0.4) is 0 Å². The Kier molecular flexibility index (Phi) is 27.3. The van der Waals surface area contributed by atoms with Crippen molar-refractivity contribution in [3.63, 3.8) is 0 Å². The van der Waals surface area contributed by atoms with Gasteiger partial charge in [0.25, 0.3) is 0 Å². The number of carbonyl (C=O) groups excluding carboxylic acids is 2. The normalized spacial score (nSPS) is 51.2. The Hall–Kier alpha value is -2.58. The van der Waals surface area contributed by atoms with Crippen molar-refractivity contribution in [3.05, 3.63) is 0 Å². The summed E-state index contributed by atoms with van der Waals surface area (Å²) in [4.78, 5) is 26.1. The van der Waals surface area contributed by atoms with Crippen LogP contribution in [0, 0.1) is 0 Å². The zero-order valence-electron chi connectivity index (χ0n) is 50.3. The summed E-state index contributed by atoms with van der Waals surface area (Å²) in [7, 11) is 0. The number of hydrogen-bond donors (Lipinski definition) is 25. The molecule has 0 bridgehead atoms. The summed E-state index contributed by atoms with van der Waals surface area (Å²) in [6, 6.07) is -3.78. The highest BCUT2D eigenvalue weighted by Crippen LogP contribution is 2.39. The Balaban J connectivity index is 1.09. The molecule has 0 aliphatic carbocycles. The van der Waals surface area contributed by atoms with E-state index in [1.165, 1.54) is 6.92 Å². The average molecular weight is 1380 g/mol. The Morgan fingerprint density at radius 3 is 1.13 bits per heavy atom. The average Bonchev–Trinajstić information content (AvgIpc) is 0.775. The molecule has 40 atom stereocenters. The second kappa shape index (κ2) is 33.3. The molecular weight excluding hydrogens is 1290 g/mol. The van der Waals surface area contributed by atoms with Crippen molar-refractivity contribution >= 4 is 11.8 Å². The summed E-state index contributed by atoms with van der Waals surface area (Å²) in [6.07, 6.45) is -75.4. The van der Waals surface area contributed by atoms with Gasteiger partial charge in [-0.2, -0.15) is 0 Å². The van der Waals surface area contributed by atoms with Crippen LogP contribution in [0.4, 0.5) is 0 Å². The van der Waals surface area contributed by atoms with Crippen molar-refractivity contribution < 1.29 is 198 Å². The second-order valence-electron chi connectivity index (χ2n) is 23.9. The fourth-order valence-corrected chi connectivity index (χ4v) is 12.1. The summed E-state index contributed by atoms with van der Waals surface area (Å²) >= 11 is 0. The molecule has 8 aliphatic rings. The van der Waals surface area contributed by atoms with Gasteiger partial charge in [0.1, 0.15) is 189 Å². The maximum absolute atomic E-state index is 13.2. The van der Waals surface area contributed by atoms with Crippen LogP contribution < -0.4 is 10.6 Å². The lowest BCUT2D eigenvalue weighted by molar-refractivity contribution is -0.390. The highest BCUT2D eigenvalue weighted by atomic mass is 16.8. The molecule has 42 heteroatoms. The first-order valence-corrected chi connectivity index (χ1v) is 30.0. The minimum Gasteiger partial charge on any atom is -0.394 e. The first-order chi connectivity index (χ1) is 44.4. The van der Waals surface area contributed by atoms with Gasteiger partial charge in [-0.1, -0.05) is 0 Å². The minimum absolute atomic E-state index is 0.908.